The number of fused-ring (bicyclic) bond motifs is 2. The van der Waals surface area contributed by atoms with Crippen LogP contribution in [0.5, 0.6) is 0 Å². The summed E-state index contributed by atoms with van der Waals surface area (Å²) in [6, 6.07) is 0. The first-order valence-electron chi connectivity index (χ1n) is 5.83. The highest BCUT2D eigenvalue weighted by Crippen LogP contribution is 2.61. The van der Waals surface area contributed by atoms with E-state index in [0.29, 0.717) is 11.0 Å². The van der Waals surface area contributed by atoms with Crippen LogP contribution in [0.15, 0.2) is 0 Å². The van der Waals surface area contributed by atoms with Crippen molar-refractivity contribution in [1.82, 2.24) is 5.32 Å². The van der Waals surface area contributed by atoms with Gasteiger partial charge in [0.2, 0.25) is 0 Å². The predicted octanol–water partition coefficient (Wildman–Crippen LogP) is 3.03. The van der Waals surface area contributed by atoms with Gasteiger partial charge in [-0.05, 0) is 43.4 Å². The molecule has 1 N–H and O–H groups in total. The number of rotatable bonds is 3. The third kappa shape index (κ3) is 1.25. The van der Waals surface area contributed by atoms with E-state index in [1.54, 1.807) is 0 Å². The summed E-state index contributed by atoms with van der Waals surface area (Å²) in [5.74, 6) is 2.54. The van der Waals surface area contributed by atoms with E-state index in [1.165, 1.54) is 19.3 Å². The molecule has 3 unspecified atom stereocenters. The average Bonchev–Trinajstić information content (AvgIpc) is 2.67. The number of nitrogens with one attached hydrogen (secondary N) is 1. The molecule has 0 aromatic rings. The number of halogens is 1. The molecule has 0 aliphatic heterocycles. The molecule has 1 nitrogen and oxygen atoms in total. The lowest BCUT2D eigenvalue weighted by atomic mass is 9.64. The van der Waals surface area contributed by atoms with Crippen molar-refractivity contribution in [2.45, 2.75) is 45.6 Å². The largest absolute Gasteiger partial charge is 0.310 e. The first-order chi connectivity index (χ1) is 6.52. The van der Waals surface area contributed by atoms with E-state index in [0.717, 1.165) is 24.3 Å². The molecule has 0 aromatic carbocycles. The second kappa shape index (κ2) is 3.38. The van der Waals surface area contributed by atoms with Gasteiger partial charge in [-0.2, -0.15) is 0 Å². The lowest BCUT2D eigenvalue weighted by Crippen LogP contribution is -2.57. The summed E-state index contributed by atoms with van der Waals surface area (Å²) in [7, 11) is 0. The Morgan fingerprint density at radius 3 is 2.36 bits per heavy atom. The van der Waals surface area contributed by atoms with E-state index in [4.69, 9.17) is 11.6 Å². The fraction of sp³-hybridized carbons (Fsp3) is 1.00. The third-order valence-corrected chi connectivity index (χ3v) is 5.38. The molecule has 0 heterocycles. The van der Waals surface area contributed by atoms with Crippen LogP contribution in [0.3, 0.4) is 0 Å². The highest BCUT2D eigenvalue weighted by molar-refractivity contribution is 6.18. The quantitative estimate of drug-likeness (QED) is 0.714. The van der Waals surface area contributed by atoms with E-state index in [1.807, 2.05) is 0 Å². The number of alkyl halides is 1. The molecule has 0 aromatic heterocycles. The third-order valence-electron chi connectivity index (χ3n) is 5.19. The van der Waals surface area contributed by atoms with Crippen LogP contribution in [0, 0.1) is 17.3 Å². The summed E-state index contributed by atoms with van der Waals surface area (Å²) in [6.45, 7) is 8.21. The zero-order chi connectivity index (χ0) is 10.4. The summed E-state index contributed by atoms with van der Waals surface area (Å²) < 4.78 is 0. The minimum absolute atomic E-state index is 0.324. The molecule has 2 heteroatoms. The van der Waals surface area contributed by atoms with Gasteiger partial charge in [0, 0.05) is 18.0 Å². The maximum atomic E-state index is 5.77. The maximum Gasteiger partial charge on any atom is 0.0348 e. The zero-order valence-electron chi connectivity index (χ0n) is 9.57. The Balaban J connectivity index is 2.16. The monoisotopic (exact) mass is 215 g/mol. The highest BCUT2D eigenvalue weighted by Gasteiger charge is 2.59. The zero-order valence-corrected chi connectivity index (χ0v) is 10.3. The summed E-state index contributed by atoms with van der Waals surface area (Å²) >= 11 is 5.77. The minimum atomic E-state index is 0.324. The smallest absolute Gasteiger partial charge is 0.0348 e. The van der Waals surface area contributed by atoms with Crippen LogP contribution in [0.2, 0.25) is 0 Å². The van der Waals surface area contributed by atoms with Crippen molar-refractivity contribution < 1.29 is 0 Å². The van der Waals surface area contributed by atoms with Crippen LogP contribution >= 0.6 is 11.6 Å². The van der Waals surface area contributed by atoms with Crippen molar-refractivity contribution in [3.8, 4) is 0 Å². The van der Waals surface area contributed by atoms with Crippen LogP contribution in [-0.2, 0) is 0 Å². The second-order valence-electron chi connectivity index (χ2n) is 5.75. The number of hydrogen-bond donors (Lipinski definition) is 1. The van der Waals surface area contributed by atoms with Crippen molar-refractivity contribution in [2.75, 3.05) is 12.4 Å². The van der Waals surface area contributed by atoms with E-state index in [2.05, 4.69) is 26.1 Å². The molecular weight excluding hydrogens is 194 g/mol. The van der Waals surface area contributed by atoms with Crippen molar-refractivity contribution in [2.24, 2.45) is 17.3 Å². The lowest BCUT2D eigenvalue weighted by Gasteiger charge is -2.48. The lowest BCUT2D eigenvalue weighted by molar-refractivity contribution is 0.0680. The van der Waals surface area contributed by atoms with Gasteiger partial charge in [0.15, 0.2) is 0 Å². The summed E-state index contributed by atoms with van der Waals surface area (Å²) in [4.78, 5) is 0. The summed E-state index contributed by atoms with van der Waals surface area (Å²) in [5.41, 5.74) is 0.771. The molecule has 2 aliphatic rings. The first-order valence-corrected chi connectivity index (χ1v) is 6.37. The molecule has 2 saturated carbocycles. The summed E-state index contributed by atoms with van der Waals surface area (Å²) in [6.07, 6.45) is 4.29. The molecule has 2 bridgehead atoms. The van der Waals surface area contributed by atoms with E-state index >= 15 is 0 Å². The Labute approximate surface area is 92.6 Å². The van der Waals surface area contributed by atoms with Crippen LogP contribution in [-0.4, -0.2) is 18.0 Å². The fourth-order valence-electron chi connectivity index (χ4n) is 3.79. The summed E-state index contributed by atoms with van der Waals surface area (Å²) in [5, 5.41) is 3.70. The van der Waals surface area contributed by atoms with Gasteiger partial charge >= 0.3 is 0 Å². The molecule has 0 spiro atoms. The Morgan fingerprint density at radius 2 is 1.86 bits per heavy atom. The van der Waals surface area contributed by atoms with Crippen LogP contribution in [0.4, 0.5) is 0 Å². The normalized spacial score (nSPS) is 44.6. The van der Waals surface area contributed by atoms with Gasteiger partial charge in [-0.15, -0.1) is 11.6 Å². The van der Waals surface area contributed by atoms with E-state index < -0.39 is 0 Å². The Morgan fingerprint density at radius 1 is 1.21 bits per heavy atom. The van der Waals surface area contributed by atoms with Crippen LogP contribution in [0.1, 0.15) is 40.0 Å². The van der Waals surface area contributed by atoms with Crippen LogP contribution in [0.25, 0.3) is 0 Å². The van der Waals surface area contributed by atoms with Gasteiger partial charge in [0.25, 0.3) is 0 Å². The molecule has 2 fully saturated rings. The minimum Gasteiger partial charge on any atom is -0.310 e. The first kappa shape index (κ1) is 10.8. The second-order valence-corrected chi connectivity index (χ2v) is 6.12. The molecule has 0 amide bonds. The van der Waals surface area contributed by atoms with Gasteiger partial charge in [-0.25, -0.2) is 0 Å². The molecule has 0 saturated heterocycles. The molecule has 14 heavy (non-hydrogen) atoms. The van der Waals surface area contributed by atoms with Crippen molar-refractivity contribution in [3.05, 3.63) is 0 Å². The molecule has 3 atom stereocenters. The Kier molecular flexibility index (Phi) is 2.60. The fourth-order valence-corrected chi connectivity index (χ4v) is 3.89. The predicted molar refractivity (Wildman–Crippen MR) is 61.7 cm³/mol. The van der Waals surface area contributed by atoms with Gasteiger partial charge in [0.05, 0.1) is 0 Å². The highest BCUT2D eigenvalue weighted by atomic mass is 35.5. The molecule has 82 valence electrons. The topological polar surface area (TPSA) is 12.0 Å². The Bertz CT molecular complexity index is 226. The van der Waals surface area contributed by atoms with Crippen molar-refractivity contribution in [3.63, 3.8) is 0 Å². The molecular formula is C12H22ClN. The van der Waals surface area contributed by atoms with Gasteiger partial charge in [-0.3, -0.25) is 0 Å². The molecule has 2 rings (SSSR count). The maximum absolute atomic E-state index is 5.77. The SMILES string of the molecule is CC1(C)C2CCC(C2)C1(C)NCCCl. The van der Waals surface area contributed by atoms with Gasteiger partial charge in [-0.1, -0.05) is 13.8 Å². The van der Waals surface area contributed by atoms with Crippen molar-refractivity contribution in [1.29, 1.82) is 0 Å². The van der Waals surface area contributed by atoms with E-state index in [9.17, 15) is 0 Å². The Hall–Kier alpha value is 0.250. The standard InChI is InChI=1S/C12H22ClN/c1-11(2)9-4-5-10(8-9)12(11,3)14-7-6-13/h9-10,14H,4-8H2,1-3H3. The van der Waals surface area contributed by atoms with E-state index in [-0.39, 0.29) is 0 Å². The van der Waals surface area contributed by atoms with Gasteiger partial charge < -0.3 is 5.32 Å². The average molecular weight is 216 g/mol. The number of hydrogen-bond acceptors (Lipinski definition) is 1. The molecule has 2 aliphatic carbocycles. The van der Waals surface area contributed by atoms with Crippen LogP contribution < -0.4 is 5.32 Å². The molecule has 0 radical (unpaired) electrons. The van der Waals surface area contributed by atoms with Crippen molar-refractivity contribution >= 4 is 11.6 Å². The van der Waals surface area contributed by atoms with Gasteiger partial charge in [0.1, 0.15) is 0 Å².